The van der Waals surface area contributed by atoms with Gasteiger partial charge in [-0.05, 0) is 24.1 Å². The fourth-order valence-electron chi connectivity index (χ4n) is 1.29. The minimum absolute atomic E-state index is 0.0668. The Morgan fingerprint density at radius 2 is 2.19 bits per heavy atom. The monoisotopic (exact) mass is 246 g/mol. The first-order valence-corrected chi connectivity index (χ1v) is 5.15. The van der Waals surface area contributed by atoms with Crippen LogP contribution in [0.2, 0.25) is 5.02 Å². The number of carboxylic acids is 1. The minimum atomic E-state index is -0.979. The summed E-state index contributed by atoms with van der Waals surface area (Å²) in [5, 5.41) is 18.3. The zero-order valence-corrected chi connectivity index (χ0v) is 9.41. The summed E-state index contributed by atoms with van der Waals surface area (Å²) in [6, 6.07) is 3.84. The van der Waals surface area contributed by atoms with E-state index in [1.165, 1.54) is 19.1 Å². The molecule has 0 aliphatic heterocycles. The van der Waals surface area contributed by atoms with Crippen LogP contribution in [0.4, 0.5) is 4.39 Å². The van der Waals surface area contributed by atoms with E-state index in [1.807, 2.05) is 0 Å². The summed E-state index contributed by atoms with van der Waals surface area (Å²) in [5.41, 5.74) is 0.416. The predicted molar refractivity (Wildman–Crippen MR) is 57.8 cm³/mol. The van der Waals surface area contributed by atoms with Crippen LogP contribution in [-0.2, 0) is 4.79 Å². The van der Waals surface area contributed by atoms with E-state index in [0.717, 1.165) is 6.07 Å². The van der Waals surface area contributed by atoms with E-state index in [2.05, 4.69) is 0 Å². The van der Waals surface area contributed by atoms with Crippen LogP contribution in [0.5, 0.6) is 0 Å². The van der Waals surface area contributed by atoms with Gasteiger partial charge in [0.15, 0.2) is 0 Å². The molecule has 16 heavy (non-hydrogen) atoms. The van der Waals surface area contributed by atoms with Crippen molar-refractivity contribution in [1.82, 2.24) is 0 Å². The molecule has 0 bridgehead atoms. The van der Waals surface area contributed by atoms with Gasteiger partial charge in [-0.25, -0.2) is 4.39 Å². The molecule has 0 aliphatic rings. The molecule has 1 aromatic carbocycles. The van der Waals surface area contributed by atoms with E-state index >= 15 is 0 Å². The third kappa shape index (κ3) is 3.18. The highest BCUT2D eigenvalue weighted by molar-refractivity contribution is 6.30. The minimum Gasteiger partial charge on any atom is -0.481 e. The van der Waals surface area contributed by atoms with Gasteiger partial charge in [0.05, 0.1) is 17.0 Å². The first-order chi connectivity index (χ1) is 7.41. The number of benzene rings is 1. The van der Waals surface area contributed by atoms with Crippen LogP contribution in [0, 0.1) is 11.7 Å². The molecule has 1 rings (SSSR count). The maximum atomic E-state index is 12.8. The van der Waals surface area contributed by atoms with E-state index < -0.39 is 23.8 Å². The van der Waals surface area contributed by atoms with Gasteiger partial charge in [0.1, 0.15) is 5.82 Å². The van der Waals surface area contributed by atoms with Crippen molar-refractivity contribution in [2.24, 2.45) is 5.92 Å². The van der Waals surface area contributed by atoms with Crippen molar-refractivity contribution in [3.05, 3.63) is 34.6 Å². The number of carboxylic acid groups (broad SMARTS) is 1. The molecule has 0 saturated carbocycles. The standard InChI is InChI=1S/C11H12ClFO3/c1-6(11(15)16)4-10(14)7-2-3-9(13)8(12)5-7/h2-3,5-6,10,14H,4H2,1H3,(H,15,16). The summed E-state index contributed by atoms with van der Waals surface area (Å²) in [4.78, 5) is 10.6. The summed E-state index contributed by atoms with van der Waals surface area (Å²) in [5.74, 6) is -2.21. The molecule has 0 aliphatic carbocycles. The van der Waals surface area contributed by atoms with Crippen LogP contribution in [0.1, 0.15) is 25.0 Å². The maximum Gasteiger partial charge on any atom is 0.306 e. The molecule has 0 spiro atoms. The Balaban J connectivity index is 2.76. The molecule has 0 radical (unpaired) electrons. The Bertz CT molecular complexity index is 395. The van der Waals surface area contributed by atoms with Crippen LogP contribution >= 0.6 is 11.6 Å². The summed E-state index contributed by atoms with van der Waals surface area (Å²) in [7, 11) is 0. The lowest BCUT2D eigenvalue weighted by Crippen LogP contribution is -2.13. The summed E-state index contributed by atoms with van der Waals surface area (Å²) < 4.78 is 12.8. The van der Waals surface area contributed by atoms with Crippen molar-refractivity contribution in [3.63, 3.8) is 0 Å². The molecule has 2 N–H and O–H groups in total. The second kappa shape index (κ2) is 5.27. The van der Waals surface area contributed by atoms with Gasteiger partial charge in [0.25, 0.3) is 0 Å². The highest BCUT2D eigenvalue weighted by Crippen LogP contribution is 2.25. The number of hydrogen-bond acceptors (Lipinski definition) is 2. The smallest absolute Gasteiger partial charge is 0.306 e. The molecule has 2 atom stereocenters. The molecule has 0 fully saturated rings. The van der Waals surface area contributed by atoms with Crippen LogP contribution in [0.25, 0.3) is 0 Å². The fraction of sp³-hybridized carbons (Fsp3) is 0.364. The number of hydrogen-bond donors (Lipinski definition) is 2. The van der Waals surface area contributed by atoms with Crippen molar-refractivity contribution in [3.8, 4) is 0 Å². The molecule has 1 aromatic rings. The molecule has 0 amide bonds. The maximum absolute atomic E-state index is 12.8. The third-order valence-corrected chi connectivity index (χ3v) is 2.62. The van der Waals surface area contributed by atoms with Crippen molar-refractivity contribution < 1.29 is 19.4 Å². The average molecular weight is 247 g/mol. The van der Waals surface area contributed by atoms with Gasteiger partial charge in [-0.1, -0.05) is 24.6 Å². The van der Waals surface area contributed by atoms with E-state index in [0.29, 0.717) is 5.56 Å². The van der Waals surface area contributed by atoms with Crippen molar-refractivity contribution in [2.75, 3.05) is 0 Å². The van der Waals surface area contributed by atoms with E-state index in [4.69, 9.17) is 16.7 Å². The highest BCUT2D eigenvalue weighted by Gasteiger charge is 2.18. The second-order valence-corrected chi connectivity index (χ2v) is 4.07. The Hall–Kier alpha value is -1.13. The number of aliphatic hydroxyl groups excluding tert-OH is 1. The number of rotatable bonds is 4. The molecular weight excluding hydrogens is 235 g/mol. The average Bonchev–Trinajstić information content (AvgIpc) is 2.21. The summed E-state index contributed by atoms with van der Waals surface area (Å²) in [6.45, 7) is 1.50. The summed E-state index contributed by atoms with van der Waals surface area (Å²) >= 11 is 5.55. The van der Waals surface area contributed by atoms with Gasteiger partial charge in [-0.3, -0.25) is 4.79 Å². The van der Waals surface area contributed by atoms with Crippen LogP contribution in [0.15, 0.2) is 18.2 Å². The van der Waals surface area contributed by atoms with Gasteiger partial charge >= 0.3 is 5.97 Å². The lowest BCUT2D eigenvalue weighted by atomic mass is 9.98. The van der Waals surface area contributed by atoms with Gasteiger partial charge in [0, 0.05) is 0 Å². The molecule has 5 heteroatoms. The molecule has 88 valence electrons. The van der Waals surface area contributed by atoms with Crippen molar-refractivity contribution in [2.45, 2.75) is 19.4 Å². The number of carbonyl (C=O) groups is 1. The number of aliphatic hydroxyl groups is 1. The lowest BCUT2D eigenvalue weighted by Gasteiger charge is -2.14. The Kier molecular flexibility index (Phi) is 4.26. The van der Waals surface area contributed by atoms with E-state index in [-0.39, 0.29) is 11.4 Å². The Labute approximate surface area is 97.5 Å². The lowest BCUT2D eigenvalue weighted by molar-refractivity contribution is -0.142. The number of aliphatic carboxylic acids is 1. The van der Waals surface area contributed by atoms with Crippen molar-refractivity contribution in [1.29, 1.82) is 0 Å². The van der Waals surface area contributed by atoms with E-state index in [1.54, 1.807) is 0 Å². The molecule has 0 aromatic heterocycles. The summed E-state index contributed by atoms with van der Waals surface area (Å²) in [6.07, 6.45) is -0.888. The van der Waals surface area contributed by atoms with E-state index in [9.17, 15) is 14.3 Å². The Morgan fingerprint density at radius 1 is 1.56 bits per heavy atom. The molecule has 3 nitrogen and oxygen atoms in total. The topological polar surface area (TPSA) is 57.5 Å². The van der Waals surface area contributed by atoms with Gasteiger partial charge in [-0.2, -0.15) is 0 Å². The van der Waals surface area contributed by atoms with Crippen LogP contribution < -0.4 is 0 Å². The molecule has 2 unspecified atom stereocenters. The zero-order valence-electron chi connectivity index (χ0n) is 8.65. The third-order valence-electron chi connectivity index (χ3n) is 2.33. The number of halogens is 2. The van der Waals surface area contributed by atoms with Gasteiger partial charge in [0.2, 0.25) is 0 Å². The van der Waals surface area contributed by atoms with Crippen molar-refractivity contribution >= 4 is 17.6 Å². The Morgan fingerprint density at radius 3 is 2.69 bits per heavy atom. The first-order valence-electron chi connectivity index (χ1n) is 4.77. The van der Waals surface area contributed by atoms with Crippen LogP contribution in [0.3, 0.4) is 0 Å². The predicted octanol–water partition coefficient (Wildman–Crippen LogP) is 2.62. The highest BCUT2D eigenvalue weighted by atomic mass is 35.5. The molecule has 0 heterocycles. The molecule has 0 saturated heterocycles. The first kappa shape index (κ1) is 12.9. The second-order valence-electron chi connectivity index (χ2n) is 3.66. The zero-order chi connectivity index (χ0) is 12.3. The SMILES string of the molecule is CC(CC(O)c1ccc(F)c(Cl)c1)C(=O)O. The fourth-order valence-corrected chi connectivity index (χ4v) is 1.48. The quantitative estimate of drug-likeness (QED) is 0.859. The largest absolute Gasteiger partial charge is 0.481 e. The van der Waals surface area contributed by atoms with Gasteiger partial charge in [-0.15, -0.1) is 0 Å². The van der Waals surface area contributed by atoms with Gasteiger partial charge < -0.3 is 10.2 Å². The van der Waals surface area contributed by atoms with Crippen LogP contribution in [-0.4, -0.2) is 16.2 Å². The molecular formula is C11H12ClFO3. The normalized spacial score (nSPS) is 14.5.